The molecule has 0 aromatic heterocycles. The van der Waals surface area contributed by atoms with Crippen LogP contribution in [0.15, 0.2) is 42.5 Å². The second-order valence-electron chi connectivity index (χ2n) is 5.27. The summed E-state index contributed by atoms with van der Waals surface area (Å²) in [5, 5.41) is 11.4. The summed E-state index contributed by atoms with van der Waals surface area (Å²) in [6.45, 7) is 0.0985. The fourth-order valence-electron chi connectivity index (χ4n) is 2.12. The number of carbonyl (C=O) groups is 1. The molecule has 25 heavy (non-hydrogen) atoms. The van der Waals surface area contributed by atoms with Crippen LogP contribution in [0.4, 0.5) is 11.4 Å². The fourth-order valence-corrected chi connectivity index (χ4v) is 2.31. The van der Waals surface area contributed by atoms with Crippen molar-refractivity contribution in [3.05, 3.63) is 63.2 Å². The van der Waals surface area contributed by atoms with Crippen molar-refractivity contribution < 1.29 is 19.2 Å². The van der Waals surface area contributed by atoms with E-state index in [9.17, 15) is 14.9 Å². The Bertz CT molecular complexity index is 779. The summed E-state index contributed by atoms with van der Waals surface area (Å²) in [7, 11) is 3.47. The molecule has 0 aliphatic rings. The van der Waals surface area contributed by atoms with Gasteiger partial charge in [0.2, 0.25) is 0 Å². The van der Waals surface area contributed by atoms with Gasteiger partial charge in [-0.1, -0.05) is 23.7 Å². The second-order valence-corrected chi connectivity index (χ2v) is 5.67. The minimum absolute atomic E-state index is 0.0143. The number of nitro groups is 1. The van der Waals surface area contributed by atoms with Crippen molar-refractivity contribution in [2.75, 3.05) is 32.2 Å². The van der Waals surface area contributed by atoms with Crippen LogP contribution in [0.25, 0.3) is 0 Å². The van der Waals surface area contributed by atoms with Gasteiger partial charge in [-0.15, -0.1) is 0 Å². The quantitative estimate of drug-likeness (QED) is 0.323. The Labute approximate surface area is 149 Å². The molecule has 2 rings (SSSR count). The maximum atomic E-state index is 12.3. The number of halogens is 1. The number of non-ortho nitro benzene ring substituents is 1. The number of ether oxygens (including phenoxy) is 2. The first-order valence-electron chi connectivity index (χ1n) is 7.40. The Morgan fingerprint density at radius 2 is 1.92 bits per heavy atom. The number of esters is 1. The summed E-state index contributed by atoms with van der Waals surface area (Å²) in [6, 6.07) is 11.0. The lowest BCUT2D eigenvalue weighted by Crippen LogP contribution is -2.17. The third-order valence-corrected chi connectivity index (χ3v) is 3.62. The number of carbonyl (C=O) groups excluding carboxylic acids is 1. The Hall–Kier alpha value is -2.80. The maximum Gasteiger partial charge on any atom is 0.340 e. The zero-order chi connectivity index (χ0) is 18.4. The molecule has 0 fully saturated rings. The first kappa shape index (κ1) is 18.5. The average molecular weight is 365 g/mol. The summed E-state index contributed by atoms with van der Waals surface area (Å²) in [5.41, 5.74) is 0.476. The lowest BCUT2D eigenvalue weighted by atomic mass is 10.1. The summed E-state index contributed by atoms with van der Waals surface area (Å²) in [4.78, 5) is 24.3. The number of nitro benzene ring substituents is 1. The average Bonchev–Trinajstić information content (AvgIpc) is 2.59. The summed E-state index contributed by atoms with van der Waals surface area (Å²) < 4.78 is 10.6. The summed E-state index contributed by atoms with van der Waals surface area (Å²) >= 11 is 5.96. The van der Waals surface area contributed by atoms with Gasteiger partial charge >= 0.3 is 5.97 Å². The van der Waals surface area contributed by atoms with Crippen LogP contribution in [0.3, 0.4) is 0 Å². The molecule has 0 heterocycles. The van der Waals surface area contributed by atoms with E-state index in [-0.39, 0.29) is 24.5 Å². The summed E-state index contributed by atoms with van der Waals surface area (Å²) in [5.74, 6) is -0.167. The Kier molecular flexibility index (Phi) is 6.19. The highest BCUT2D eigenvalue weighted by Gasteiger charge is 2.19. The van der Waals surface area contributed by atoms with Crippen LogP contribution in [0.1, 0.15) is 10.4 Å². The lowest BCUT2D eigenvalue weighted by Gasteiger charge is -2.16. The molecule has 0 unspecified atom stereocenters. The van der Waals surface area contributed by atoms with Gasteiger partial charge in [0, 0.05) is 26.2 Å². The monoisotopic (exact) mass is 364 g/mol. The van der Waals surface area contributed by atoms with E-state index < -0.39 is 10.9 Å². The smallest absolute Gasteiger partial charge is 0.340 e. The van der Waals surface area contributed by atoms with E-state index in [0.717, 1.165) is 0 Å². The Balaban J connectivity index is 2.01. The van der Waals surface area contributed by atoms with Crippen LogP contribution >= 0.6 is 11.6 Å². The van der Waals surface area contributed by atoms with Crippen molar-refractivity contribution in [3.8, 4) is 5.75 Å². The minimum atomic E-state index is -0.657. The fraction of sp³-hybridized carbons (Fsp3) is 0.235. The first-order valence-corrected chi connectivity index (χ1v) is 7.78. The minimum Gasteiger partial charge on any atom is -0.488 e. The number of hydrogen-bond donors (Lipinski definition) is 0. The van der Waals surface area contributed by atoms with Crippen LogP contribution in [0, 0.1) is 10.1 Å². The predicted octanol–water partition coefficient (Wildman–Crippen LogP) is 3.55. The van der Waals surface area contributed by atoms with Gasteiger partial charge in [-0.2, -0.15) is 0 Å². The van der Waals surface area contributed by atoms with Gasteiger partial charge in [0.05, 0.1) is 21.2 Å². The topological polar surface area (TPSA) is 81.9 Å². The van der Waals surface area contributed by atoms with Crippen molar-refractivity contribution in [1.82, 2.24) is 0 Å². The molecule has 0 bridgehead atoms. The Morgan fingerprint density at radius 3 is 2.56 bits per heavy atom. The van der Waals surface area contributed by atoms with E-state index in [2.05, 4.69) is 0 Å². The van der Waals surface area contributed by atoms with Crippen LogP contribution < -0.4 is 9.64 Å². The van der Waals surface area contributed by atoms with Crippen molar-refractivity contribution in [2.24, 2.45) is 0 Å². The SMILES string of the molecule is CN(C)c1ccc([N+](=O)[O-])cc1C(=O)OCCOc1ccccc1Cl. The van der Waals surface area contributed by atoms with E-state index in [4.69, 9.17) is 21.1 Å². The zero-order valence-corrected chi connectivity index (χ0v) is 14.5. The summed E-state index contributed by atoms with van der Waals surface area (Å²) in [6.07, 6.45) is 0. The molecule has 0 amide bonds. The molecular formula is C17H17ClN2O5. The number of hydrogen-bond acceptors (Lipinski definition) is 6. The zero-order valence-electron chi connectivity index (χ0n) is 13.8. The van der Waals surface area contributed by atoms with E-state index in [0.29, 0.717) is 16.5 Å². The molecule has 2 aromatic rings. The highest BCUT2D eigenvalue weighted by atomic mass is 35.5. The molecule has 0 radical (unpaired) electrons. The molecule has 0 aliphatic carbocycles. The molecule has 7 nitrogen and oxygen atoms in total. The maximum absolute atomic E-state index is 12.3. The van der Waals surface area contributed by atoms with Gasteiger partial charge in [0.1, 0.15) is 19.0 Å². The number of para-hydroxylation sites is 1. The molecule has 0 aliphatic heterocycles. The molecule has 0 saturated carbocycles. The second kappa shape index (κ2) is 8.34. The number of rotatable bonds is 7. The standard InChI is InChI=1S/C17H17ClN2O5/c1-19(2)15-8-7-12(20(22)23)11-13(15)17(21)25-10-9-24-16-6-4-3-5-14(16)18/h3-8,11H,9-10H2,1-2H3. The van der Waals surface area contributed by atoms with E-state index in [1.54, 1.807) is 43.3 Å². The third kappa shape index (κ3) is 4.84. The predicted molar refractivity (Wildman–Crippen MR) is 94.7 cm³/mol. The van der Waals surface area contributed by atoms with Crippen molar-refractivity contribution in [2.45, 2.75) is 0 Å². The number of nitrogens with zero attached hydrogens (tertiary/aromatic N) is 2. The van der Waals surface area contributed by atoms with Crippen LogP contribution in [0.5, 0.6) is 5.75 Å². The number of anilines is 1. The third-order valence-electron chi connectivity index (χ3n) is 3.30. The van der Waals surface area contributed by atoms with E-state index >= 15 is 0 Å². The van der Waals surface area contributed by atoms with Gasteiger partial charge in [-0.25, -0.2) is 4.79 Å². The Morgan fingerprint density at radius 1 is 1.20 bits per heavy atom. The van der Waals surface area contributed by atoms with Crippen LogP contribution in [-0.2, 0) is 4.74 Å². The van der Waals surface area contributed by atoms with Gasteiger partial charge < -0.3 is 14.4 Å². The van der Waals surface area contributed by atoms with E-state index in [1.807, 2.05) is 0 Å². The van der Waals surface area contributed by atoms with Crippen LogP contribution in [0.2, 0.25) is 5.02 Å². The molecule has 0 saturated heterocycles. The van der Waals surface area contributed by atoms with Crippen molar-refractivity contribution in [1.29, 1.82) is 0 Å². The van der Waals surface area contributed by atoms with Gasteiger partial charge in [-0.05, 0) is 18.2 Å². The molecule has 0 atom stereocenters. The molecule has 2 aromatic carbocycles. The highest BCUT2D eigenvalue weighted by molar-refractivity contribution is 6.32. The van der Waals surface area contributed by atoms with Gasteiger partial charge in [0.25, 0.3) is 5.69 Å². The number of benzene rings is 2. The van der Waals surface area contributed by atoms with Crippen molar-refractivity contribution in [3.63, 3.8) is 0 Å². The lowest BCUT2D eigenvalue weighted by molar-refractivity contribution is -0.384. The first-order chi connectivity index (χ1) is 11.9. The normalized spacial score (nSPS) is 10.2. The molecule has 8 heteroatoms. The molecular weight excluding hydrogens is 348 g/mol. The van der Waals surface area contributed by atoms with E-state index in [1.165, 1.54) is 18.2 Å². The highest BCUT2D eigenvalue weighted by Crippen LogP contribution is 2.25. The van der Waals surface area contributed by atoms with Crippen molar-refractivity contribution >= 4 is 28.9 Å². The van der Waals surface area contributed by atoms with Gasteiger partial charge in [0.15, 0.2) is 0 Å². The van der Waals surface area contributed by atoms with Crippen LogP contribution in [-0.4, -0.2) is 38.2 Å². The largest absolute Gasteiger partial charge is 0.488 e. The molecule has 0 spiro atoms. The molecule has 0 N–H and O–H groups in total. The molecule has 132 valence electrons. The van der Waals surface area contributed by atoms with Gasteiger partial charge in [-0.3, -0.25) is 10.1 Å².